The van der Waals surface area contributed by atoms with E-state index in [0.717, 1.165) is 26.0 Å². The van der Waals surface area contributed by atoms with E-state index in [1.165, 1.54) is 24.0 Å². The van der Waals surface area contributed by atoms with Crippen LogP contribution in [0, 0.1) is 0 Å². The van der Waals surface area contributed by atoms with E-state index in [2.05, 4.69) is 66.0 Å². The van der Waals surface area contributed by atoms with E-state index in [-0.39, 0.29) is 0 Å². The van der Waals surface area contributed by atoms with Crippen LogP contribution < -0.4 is 5.32 Å². The first-order chi connectivity index (χ1) is 10.9. The highest BCUT2D eigenvalue weighted by molar-refractivity contribution is 5.19. The molecule has 22 heavy (non-hydrogen) atoms. The molecule has 0 aromatic heterocycles. The molecule has 1 aliphatic rings. The highest BCUT2D eigenvalue weighted by atomic mass is 16.5. The molecule has 2 nitrogen and oxygen atoms in total. The first-order valence-corrected chi connectivity index (χ1v) is 8.33. The van der Waals surface area contributed by atoms with Crippen LogP contribution in [0.3, 0.4) is 0 Å². The van der Waals surface area contributed by atoms with E-state index in [1.807, 2.05) is 0 Å². The summed E-state index contributed by atoms with van der Waals surface area (Å²) in [4.78, 5) is 0. The van der Waals surface area contributed by atoms with Crippen molar-refractivity contribution in [2.24, 2.45) is 0 Å². The molecular formula is C20H25NO. The lowest BCUT2D eigenvalue weighted by Gasteiger charge is -2.21. The molecule has 0 saturated carbocycles. The standard InChI is InChI=1S/C20H25NO/c1-3-8-17(9-4-1)14-19(15-18-10-5-2-6-11-18)21-16-20-12-7-13-22-20/h1-6,8-11,19-21H,7,12-16H2. The molecule has 116 valence electrons. The molecule has 1 N–H and O–H groups in total. The maximum atomic E-state index is 5.74. The summed E-state index contributed by atoms with van der Waals surface area (Å²) in [5.74, 6) is 0. The molecule has 2 heteroatoms. The number of benzene rings is 2. The first-order valence-electron chi connectivity index (χ1n) is 8.33. The minimum absolute atomic E-state index is 0.397. The van der Waals surface area contributed by atoms with Gasteiger partial charge in [-0.3, -0.25) is 0 Å². The van der Waals surface area contributed by atoms with Gasteiger partial charge in [0.05, 0.1) is 6.10 Å². The third-order valence-corrected chi connectivity index (χ3v) is 4.31. The zero-order chi connectivity index (χ0) is 15.0. The van der Waals surface area contributed by atoms with Crippen molar-refractivity contribution in [1.29, 1.82) is 0 Å². The van der Waals surface area contributed by atoms with Crippen molar-refractivity contribution in [3.8, 4) is 0 Å². The van der Waals surface area contributed by atoms with Gasteiger partial charge in [-0.2, -0.15) is 0 Å². The fraction of sp³-hybridized carbons (Fsp3) is 0.400. The maximum absolute atomic E-state index is 5.74. The van der Waals surface area contributed by atoms with Crippen molar-refractivity contribution in [2.45, 2.75) is 37.8 Å². The molecule has 1 unspecified atom stereocenters. The topological polar surface area (TPSA) is 21.3 Å². The van der Waals surface area contributed by atoms with E-state index in [9.17, 15) is 0 Å². The van der Waals surface area contributed by atoms with E-state index in [0.29, 0.717) is 12.1 Å². The molecule has 2 aromatic carbocycles. The summed E-state index contributed by atoms with van der Waals surface area (Å²) >= 11 is 0. The van der Waals surface area contributed by atoms with Crippen LogP contribution in [0.1, 0.15) is 24.0 Å². The number of nitrogens with one attached hydrogen (secondary N) is 1. The highest BCUT2D eigenvalue weighted by Crippen LogP contribution is 2.13. The summed E-state index contributed by atoms with van der Waals surface area (Å²) in [5.41, 5.74) is 2.78. The van der Waals surface area contributed by atoms with Gasteiger partial charge in [0, 0.05) is 19.2 Å². The SMILES string of the molecule is c1ccc(CC(Cc2ccccc2)NCC2CCCO2)cc1. The predicted molar refractivity (Wildman–Crippen MR) is 91.1 cm³/mol. The summed E-state index contributed by atoms with van der Waals surface area (Å²) in [5, 5.41) is 3.73. The van der Waals surface area contributed by atoms with E-state index < -0.39 is 0 Å². The van der Waals surface area contributed by atoms with Gasteiger partial charge in [-0.25, -0.2) is 0 Å². The zero-order valence-corrected chi connectivity index (χ0v) is 13.1. The smallest absolute Gasteiger partial charge is 0.0700 e. The van der Waals surface area contributed by atoms with E-state index in [1.54, 1.807) is 0 Å². The van der Waals surface area contributed by atoms with Crippen LogP contribution in [0.25, 0.3) is 0 Å². The van der Waals surface area contributed by atoms with Crippen LogP contribution >= 0.6 is 0 Å². The summed E-state index contributed by atoms with van der Waals surface area (Å²) in [6.07, 6.45) is 4.91. The van der Waals surface area contributed by atoms with Crippen molar-refractivity contribution >= 4 is 0 Å². The Morgan fingerprint density at radius 1 is 0.909 bits per heavy atom. The molecule has 1 heterocycles. The zero-order valence-electron chi connectivity index (χ0n) is 13.1. The lowest BCUT2D eigenvalue weighted by molar-refractivity contribution is 0.107. The van der Waals surface area contributed by atoms with Crippen molar-refractivity contribution in [1.82, 2.24) is 5.32 Å². The molecule has 2 aromatic rings. The largest absolute Gasteiger partial charge is 0.377 e. The normalized spacial score (nSPS) is 18.0. The monoisotopic (exact) mass is 295 g/mol. The van der Waals surface area contributed by atoms with Crippen LogP contribution in [0.5, 0.6) is 0 Å². The molecule has 3 rings (SSSR count). The Hall–Kier alpha value is -1.64. The van der Waals surface area contributed by atoms with E-state index >= 15 is 0 Å². The Morgan fingerprint density at radius 3 is 2.00 bits per heavy atom. The molecule has 1 fully saturated rings. The second kappa shape index (κ2) is 8.11. The maximum Gasteiger partial charge on any atom is 0.0700 e. The van der Waals surface area contributed by atoms with Gasteiger partial charge in [0.1, 0.15) is 0 Å². The molecule has 0 aliphatic carbocycles. The van der Waals surface area contributed by atoms with Crippen molar-refractivity contribution in [3.63, 3.8) is 0 Å². The van der Waals surface area contributed by atoms with Crippen molar-refractivity contribution in [3.05, 3.63) is 71.8 Å². The van der Waals surface area contributed by atoms with Gasteiger partial charge < -0.3 is 10.1 Å². The minimum Gasteiger partial charge on any atom is -0.377 e. The Kier molecular flexibility index (Phi) is 5.63. The first kappa shape index (κ1) is 15.3. The molecule has 0 bridgehead atoms. The third-order valence-electron chi connectivity index (χ3n) is 4.31. The second-order valence-corrected chi connectivity index (χ2v) is 6.12. The predicted octanol–water partition coefficient (Wildman–Crippen LogP) is 3.61. The average Bonchev–Trinajstić information content (AvgIpc) is 3.08. The molecule has 1 atom stereocenters. The lowest BCUT2D eigenvalue weighted by atomic mass is 9.98. The van der Waals surface area contributed by atoms with Crippen LogP contribution in [-0.2, 0) is 17.6 Å². The van der Waals surface area contributed by atoms with Crippen LogP contribution in [0.2, 0.25) is 0 Å². The number of ether oxygens (including phenoxy) is 1. The Bertz CT molecular complexity index is 493. The number of rotatable bonds is 7. The lowest BCUT2D eigenvalue weighted by Crippen LogP contribution is -2.38. The summed E-state index contributed by atoms with van der Waals surface area (Å²) in [6.45, 7) is 1.89. The summed E-state index contributed by atoms with van der Waals surface area (Å²) < 4.78 is 5.74. The van der Waals surface area contributed by atoms with Gasteiger partial charge in [0.25, 0.3) is 0 Å². The fourth-order valence-electron chi connectivity index (χ4n) is 3.12. The quantitative estimate of drug-likeness (QED) is 0.842. The summed E-state index contributed by atoms with van der Waals surface area (Å²) in [6, 6.07) is 21.9. The third kappa shape index (κ3) is 4.69. The second-order valence-electron chi connectivity index (χ2n) is 6.12. The van der Waals surface area contributed by atoms with Gasteiger partial charge in [-0.15, -0.1) is 0 Å². The van der Waals surface area contributed by atoms with Crippen LogP contribution in [0.15, 0.2) is 60.7 Å². The highest BCUT2D eigenvalue weighted by Gasteiger charge is 2.18. The van der Waals surface area contributed by atoms with Gasteiger partial charge >= 0.3 is 0 Å². The molecular weight excluding hydrogens is 270 g/mol. The van der Waals surface area contributed by atoms with Gasteiger partial charge in [-0.1, -0.05) is 60.7 Å². The van der Waals surface area contributed by atoms with Crippen molar-refractivity contribution < 1.29 is 4.74 Å². The molecule has 1 aliphatic heterocycles. The number of hydrogen-bond donors (Lipinski definition) is 1. The van der Waals surface area contributed by atoms with Gasteiger partial charge in [0.2, 0.25) is 0 Å². The Labute approximate surface area is 133 Å². The van der Waals surface area contributed by atoms with Crippen molar-refractivity contribution in [2.75, 3.05) is 13.2 Å². The molecule has 0 amide bonds. The molecule has 0 radical (unpaired) electrons. The van der Waals surface area contributed by atoms with Crippen LogP contribution in [0.4, 0.5) is 0 Å². The van der Waals surface area contributed by atoms with E-state index in [4.69, 9.17) is 4.74 Å². The fourth-order valence-corrected chi connectivity index (χ4v) is 3.12. The van der Waals surface area contributed by atoms with Gasteiger partial charge in [0.15, 0.2) is 0 Å². The Morgan fingerprint density at radius 2 is 1.50 bits per heavy atom. The van der Waals surface area contributed by atoms with Gasteiger partial charge in [-0.05, 0) is 36.8 Å². The van der Waals surface area contributed by atoms with Crippen LogP contribution in [-0.4, -0.2) is 25.3 Å². The minimum atomic E-state index is 0.397. The molecule has 1 saturated heterocycles. The molecule has 0 spiro atoms. The average molecular weight is 295 g/mol. The number of hydrogen-bond acceptors (Lipinski definition) is 2. The Balaban J connectivity index is 1.61. The summed E-state index contributed by atoms with van der Waals surface area (Å²) in [7, 11) is 0.